The summed E-state index contributed by atoms with van der Waals surface area (Å²) < 4.78 is 27.8. The third-order valence-electron chi connectivity index (χ3n) is 4.97. The minimum absolute atomic E-state index is 0.136. The van der Waals surface area contributed by atoms with Crippen LogP contribution in [0.3, 0.4) is 0 Å². The van der Waals surface area contributed by atoms with E-state index in [1.807, 2.05) is 0 Å². The molecule has 0 bridgehead atoms. The Kier molecular flexibility index (Phi) is 4.09. The van der Waals surface area contributed by atoms with Gasteiger partial charge in [-0.05, 0) is 18.9 Å². The van der Waals surface area contributed by atoms with Crippen molar-refractivity contribution in [2.45, 2.75) is 37.1 Å². The number of amides is 2. The lowest BCUT2D eigenvalue weighted by Crippen LogP contribution is -2.60. The van der Waals surface area contributed by atoms with Gasteiger partial charge in [0.1, 0.15) is 0 Å². The van der Waals surface area contributed by atoms with Crippen molar-refractivity contribution in [3.05, 3.63) is 18.5 Å². The van der Waals surface area contributed by atoms with Gasteiger partial charge >= 0.3 is 0 Å². The average molecular weight is 340 g/mol. The van der Waals surface area contributed by atoms with Gasteiger partial charge in [-0.3, -0.25) is 14.3 Å². The fourth-order valence-electron chi connectivity index (χ4n) is 3.72. The monoisotopic (exact) mass is 340 g/mol. The van der Waals surface area contributed by atoms with E-state index >= 15 is 0 Å². The van der Waals surface area contributed by atoms with Crippen LogP contribution in [0.5, 0.6) is 0 Å². The van der Waals surface area contributed by atoms with Crippen LogP contribution in [0.15, 0.2) is 18.5 Å². The smallest absolute Gasteiger partial charge is 0.251 e. The summed E-state index contributed by atoms with van der Waals surface area (Å²) in [5.74, 6) is -3.77. The van der Waals surface area contributed by atoms with E-state index in [0.717, 1.165) is 0 Å². The Bertz CT molecular complexity index is 624. The molecule has 1 aliphatic heterocycles. The van der Waals surface area contributed by atoms with E-state index in [-0.39, 0.29) is 18.4 Å². The first-order valence-corrected chi connectivity index (χ1v) is 8.14. The fourth-order valence-corrected chi connectivity index (χ4v) is 3.72. The van der Waals surface area contributed by atoms with Crippen molar-refractivity contribution in [1.29, 1.82) is 0 Å². The number of likely N-dealkylation sites (tertiary alicyclic amines) is 1. The van der Waals surface area contributed by atoms with Crippen molar-refractivity contribution in [2.24, 2.45) is 5.92 Å². The Labute approximate surface area is 139 Å². The van der Waals surface area contributed by atoms with Gasteiger partial charge in [0.2, 0.25) is 11.8 Å². The van der Waals surface area contributed by atoms with Crippen LogP contribution in [0, 0.1) is 5.92 Å². The van der Waals surface area contributed by atoms with Crippen molar-refractivity contribution < 1.29 is 18.4 Å². The Morgan fingerprint density at radius 2 is 2.00 bits per heavy atom. The second kappa shape index (κ2) is 5.82. The topological polar surface area (TPSA) is 58.4 Å². The SMILES string of the molecule is CN(C)C(=O)C1(n2cccn2)CCCN(C(=O)C2CC(F)(F)C2)C1. The molecule has 132 valence electrons. The van der Waals surface area contributed by atoms with Crippen LogP contribution in [0.2, 0.25) is 0 Å². The van der Waals surface area contributed by atoms with Crippen LogP contribution in [-0.2, 0) is 15.1 Å². The molecular formula is C16H22F2N4O2. The second-order valence-corrected chi connectivity index (χ2v) is 7.01. The van der Waals surface area contributed by atoms with E-state index in [1.54, 1.807) is 42.1 Å². The summed E-state index contributed by atoms with van der Waals surface area (Å²) in [7, 11) is 3.33. The van der Waals surface area contributed by atoms with Gasteiger partial charge in [0.25, 0.3) is 5.91 Å². The highest BCUT2D eigenvalue weighted by molar-refractivity contribution is 5.86. The lowest BCUT2D eigenvalue weighted by molar-refractivity contribution is -0.164. The molecule has 0 spiro atoms. The summed E-state index contributed by atoms with van der Waals surface area (Å²) in [6.07, 6.45) is 3.73. The Balaban J connectivity index is 1.83. The zero-order valence-electron chi connectivity index (χ0n) is 13.9. The standard InChI is InChI=1S/C16H22F2N4O2/c1-20(2)14(24)15(22-8-4-6-19-22)5-3-7-21(11-15)13(23)12-9-16(17,18)10-12/h4,6,8,12H,3,5,7,9-11H2,1-2H3. The van der Waals surface area contributed by atoms with E-state index in [0.29, 0.717) is 19.4 Å². The molecular weight excluding hydrogens is 318 g/mol. The molecule has 1 aliphatic carbocycles. The van der Waals surface area contributed by atoms with Gasteiger partial charge < -0.3 is 9.80 Å². The molecule has 1 unspecified atom stereocenters. The third-order valence-corrected chi connectivity index (χ3v) is 4.97. The molecule has 1 aromatic heterocycles. The van der Waals surface area contributed by atoms with Crippen LogP contribution >= 0.6 is 0 Å². The fraction of sp³-hybridized carbons (Fsp3) is 0.688. The average Bonchev–Trinajstić information content (AvgIpc) is 3.05. The van der Waals surface area contributed by atoms with Gasteiger partial charge in [-0.15, -0.1) is 0 Å². The lowest BCUT2D eigenvalue weighted by atomic mass is 9.79. The zero-order valence-corrected chi connectivity index (χ0v) is 13.9. The molecule has 8 heteroatoms. The molecule has 0 aromatic carbocycles. The minimum atomic E-state index is -2.73. The molecule has 0 radical (unpaired) electrons. The third kappa shape index (κ3) is 2.78. The summed E-state index contributed by atoms with van der Waals surface area (Å²) in [5, 5.41) is 4.22. The molecule has 24 heavy (non-hydrogen) atoms. The second-order valence-electron chi connectivity index (χ2n) is 7.01. The van der Waals surface area contributed by atoms with Crippen LogP contribution < -0.4 is 0 Å². The number of carbonyl (C=O) groups excluding carboxylic acids is 2. The van der Waals surface area contributed by atoms with Crippen molar-refractivity contribution >= 4 is 11.8 Å². The van der Waals surface area contributed by atoms with E-state index in [2.05, 4.69) is 5.10 Å². The minimum Gasteiger partial charge on any atom is -0.347 e. The highest BCUT2D eigenvalue weighted by atomic mass is 19.3. The molecule has 1 saturated carbocycles. The van der Waals surface area contributed by atoms with Crippen LogP contribution in [0.25, 0.3) is 0 Å². The highest BCUT2D eigenvalue weighted by Crippen LogP contribution is 2.44. The number of alkyl halides is 2. The molecule has 2 heterocycles. The summed E-state index contributed by atoms with van der Waals surface area (Å²) in [4.78, 5) is 28.5. The molecule has 1 saturated heterocycles. The first kappa shape index (κ1) is 16.9. The summed E-state index contributed by atoms with van der Waals surface area (Å²) >= 11 is 0. The van der Waals surface area contributed by atoms with Gasteiger partial charge in [0, 0.05) is 51.8 Å². The number of aromatic nitrogens is 2. The quantitative estimate of drug-likeness (QED) is 0.834. The number of hydrogen-bond donors (Lipinski definition) is 0. The molecule has 2 fully saturated rings. The first-order valence-electron chi connectivity index (χ1n) is 8.14. The number of rotatable bonds is 3. The van der Waals surface area contributed by atoms with E-state index in [1.165, 1.54) is 4.90 Å². The van der Waals surface area contributed by atoms with Crippen LogP contribution in [-0.4, -0.2) is 64.5 Å². The maximum atomic E-state index is 13.1. The number of piperidine rings is 1. The molecule has 1 atom stereocenters. The van der Waals surface area contributed by atoms with Crippen LogP contribution in [0.4, 0.5) is 8.78 Å². The Morgan fingerprint density at radius 1 is 1.29 bits per heavy atom. The number of halogens is 2. The number of nitrogens with zero attached hydrogens (tertiary/aromatic N) is 4. The molecule has 1 aromatic rings. The molecule has 6 nitrogen and oxygen atoms in total. The predicted octanol–water partition coefficient (Wildman–Crippen LogP) is 1.33. The van der Waals surface area contributed by atoms with Gasteiger partial charge in [-0.1, -0.05) is 0 Å². The first-order chi connectivity index (χ1) is 11.3. The predicted molar refractivity (Wildman–Crippen MR) is 82.4 cm³/mol. The molecule has 2 amide bonds. The summed E-state index contributed by atoms with van der Waals surface area (Å²) in [5.41, 5.74) is -0.965. The van der Waals surface area contributed by atoms with Crippen molar-refractivity contribution in [1.82, 2.24) is 19.6 Å². The highest BCUT2D eigenvalue weighted by Gasteiger charge is 2.52. The molecule has 3 rings (SSSR count). The molecule has 2 aliphatic rings. The summed E-state index contributed by atoms with van der Waals surface area (Å²) in [6, 6.07) is 1.73. The van der Waals surface area contributed by atoms with Gasteiger partial charge in [-0.2, -0.15) is 5.10 Å². The maximum Gasteiger partial charge on any atom is 0.251 e. The van der Waals surface area contributed by atoms with E-state index < -0.39 is 30.2 Å². The van der Waals surface area contributed by atoms with Crippen LogP contribution in [0.1, 0.15) is 25.7 Å². The molecule has 0 N–H and O–H groups in total. The van der Waals surface area contributed by atoms with E-state index in [4.69, 9.17) is 0 Å². The van der Waals surface area contributed by atoms with Crippen molar-refractivity contribution in [3.8, 4) is 0 Å². The van der Waals surface area contributed by atoms with Gasteiger partial charge in [0.05, 0.1) is 6.54 Å². The van der Waals surface area contributed by atoms with Gasteiger partial charge in [-0.25, -0.2) is 8.78 Å². The lowest BCUT2D eigenvalue weighted by Gasteiger charge is -2.45. The van der Waals surface area contributed by atoms with E-state index in [9.17, 15) is 18.4 Å². The van der Waals surface area contributed by atoms with Crippen molar-refractivity contribution in [3.63, 3.8) is 0 Å². The zero-order chi connectivity index (χ0) is 17.5. The maximum absolute atomic E-state index is 13.1. The van der Waals surface area contributed by atoms with Crippen molar-refractivity contribution in [2.75, 3.05) is 27.2 Å². The Morgan fingerprint density at radius 3 is 2.54 bits per heavy atom. The summed E-state index contributed by atoms with van der Waals surface area (Å²) in [6.45, 7) is 0.664. The number of carbonyl (C=O) groups is 2. The van der Waals surface area contributed by atoms with Gasteiger partial charge in [0.15, 0.2) is 5.54 Å². The Hall–Kier alpha value is -1.99. The number of hydrogen-bond acceptors (Lipinski definition) is 3. The largest absolute Gasteiger partial charge is 0.347 e. The normalized spacial score (nSPS) is 26.8. The number of likely N-dealkylation sites (N-methyl/N-ethyl adjacent to an activating group) is 1.